The highest BCUT2D eigenvalue weighted by molar-refractivity contribution is 5.53. The smallest absolute Gasteiger partial charge is 0.0393 e. The van der Waals surface area contributed by atoms with Crippen molar-refractivity contribution < 1.29 is 0 Å². The maximum Gasteiger partial charge on any atom is 0.0393 e. The van der Waals surface area contributed by atoms with Gasteiger partial charge in [-0.05, 0) is 30.5 Å². The molecule has 66 valence electrons. The average molecular weight is 163 g/mol. The van der Waals surface area contributed by atoms with E-state index in [9.17, 15) is 0 Å². The Bertz CT molecular complexity index is 264. The van der Waals surface area contributed by atoms with E-state index in [1.165, 1.54) is 16.8 Å². The standard InChI is InChI=1S/C11H17N/c1-5-10-7-6-9(2)11(8-10)12(3)4/h6-8H,5H2,1-4H3. The predicted octanol–water partition coefficient (Wildman–Crippen LogP) is 2.62. The van der Waals surface area contributed by atoms with Gasteiger partial charge >= 0.3 is 0 Å². The molecule has 0 aliphatic heterocycles. The summed E-state index contributed by atoms with van der Waals surface area (Å²) in [5.41, 5.74) is 4.08. The van der Waals surface area contributed by atoms with Gasteiger partial charge in [0.2, 0.25) is 0 Å². The highest BCUT2D eigenvalue weighted by Crippen LogP contribution is 2.19. The van der Waals surface area contributed by atoms with E-state index in [1.807, 2.05) is 0 Å². The molecule has 1 aromatic carbocycles. The van der Waals surface area contributed by atoms with Gasteiger partial charge in [-0.15, -0.1) is 0 Å². The van der Waals surface area contributed by atoms with Gasteiger partial charge in [-0.2, -0.15) is 0 Å². The maximum atomic E-state index is 2.26. The lowest BCUT2D eigenvalue weighted by Crippen LogP contribution is -2.10. The van der Waals surface area contributed by atoms with Crippen molar-refractivity contribution in [3.8, 4) is 0 Å². The molecule has 12 heavy (non-hydrogen) atoms. The van der Waals surface area contributed by atoms with E-state index >= 15 is 0 Å². The van der Waals surface area contributed by atoms with Crippen LogP contribution in [0.4, 0.5) is 5.69 Å². The van der Waals surface area contributed by atoms with E-state index in [0.29, 0.717) is 0 Å². The Morgan fingerprint density at radius 2 is 1.92 bits per heavy atom. The van der Waals surface area contributed by atoms with Crippen LogP contribution in [0.3, 0.4) is 0 Å². The van der Waals surface area contributed by atoms with Gasteiger partial charge in [0.05, 0.1) is 0 Å². The summed E-state index contributed by atoms with van der Waals surface area (Å²) in [5.74, 6) is 0. The molecule has 0 aliphatic carbocycles. The lowest BCUT2D eigenvalue weighted by Gasteiger charge is -2.16. The number of aryl methyl sites for hydroxylation is 2. The van der Waals surface area contributed by atoms with E-state index in [0.717, 1.165) is 6.42 Å². The highest BCUT2D eigenvalue weighted by atomic mass is 15.1. The number of hydrogen-bond donors (Lipinski definition) is 0. The van der Waals surface area contributed by atoms with Crippen LogP contribution in [0.5, 0.6) is 0 Å². The molecule has 1 heteroatoms. The summed E-state index contributed by atoms with van der Waals surface area (Å²) in [6, 6.07) is 6.64. The van der Waals surface area contributed by atoms with Gasteiger partial charge in [0.1, 0.15) is 0 Å². The van der Waals surface area contributed by atoms with Crippen molar-refractivity contribution in [2.45, 2.75) is 20.3 Å². The molecule has 0 aliphatic rings. The first-order chi connectivity index (χ1) is 5.65. The minimum absolute atomic E-state index is 1.11. The Morgan fingerprint density at radius 1 is 1.25 bits per heavy atom. The molecule has 0 radical (unpaired) electrons. The number of benzene rings is 1. The van der Waals surface area contributed by atoms with Crippen molar-refractivity contribution in [1.29, 1.82) is 0 Å². The summed E-state index contributed by atoms with van der Waals surface area (Å²) in [5, 5.41) is 0. The lowest BCUT2D eigenvalue weighted by molar-refractivity contribution is 1.08. The summed E-state index contributed by atoms with van der Waals surface area (Å²) in [7, 11) is 4.17. The topological polar surface area (TPSA) is 3.24 Å². The summed E-state index contributed by atoms with van der Waals surface area (Å²) >= 11 is 0. The molecule has 0 fully saturated rings. The molecule has 1 aromatic rings. The number of nitrogens with zero attached hydrogens (tertiary/aromatic N) is 1. The molecule has 0 aromatic heterocycles. The maximum absolute atomic E-state index is 2.26. The largest absolute Gasteiger partial charge is 0.377 e. The summed E-state index contributed by atoms with van der Waals surface area (Å²) in [6.45, 7) is 4.33. The molecule has 0 unspecified atom stereocenters. The molecule has 0 heterocycles. The lowest BCUT2D eigenvalue weighted by atomic mass is 10.1. The highest BCUT2D eigenvalue weighted by Gasteiger charge is 2.00. The second-order valence-electron chi connectivity index (χ2n) is 3.37. The Balaban J connectivity index is 3.08. The molecule has 0 saturated carbocycles. The molecule has 0 N–H and O–H groups in total. The van der Waals surface area contributed by atoms with Crippen LogP contribution in [0.25, 0.3) is 0 Å². The first-order valence-corrected chi connectivity index (χ1v) is 4.42. The van der Waals surface area contributed by atoms with Gasteiger partial charge in [0.15, 0.2) is 0 Å². The Morgan fingerprint density at radius 3 is 2.42 bits per heavy atom. The molecule has 0 saturated heterocycles. The van der Waals surface area contributed by atoms with Gasteiger partial charge in [0, 0.05) is 19.8 Å². The summed E-state index contributed by atoms with van der Waals surface area (Å²) in [6.07, 6.45) is 1.11. The SMILES string of the molecule is CCc1ccc(C)c(N(C)C)c1. The third kappa shape index (κ3) is 1.79. The van der Waals surface area contributed by atoms with Gasteiger partial charge in [0.25, 0.3) is 0 Å². The average Bonchev–Trinajstić information content (AvgIpc) is 2.05. The monoisotopic (exact) mass is 163 g/mol. The Hall–Kier alpha value is -0.980. The van der Waals surface area contributed by atoms with Crippen LogP contribution in [0.2, 0.25) is 0 Å². The van der Waals surface area contributed by atoms with E-state index < -0.39 is 0 Å². The number of anilines is 1. The van der Waals surface area contributed by atoms with Crippen LogP contribution in [-0.4, -0.2) is 14.1 Å². The third-order valence-electron chi connectivity index (χ3n) is 2.16. The minimum atomic E-state index is 1.11. The van der Waals surface area contributed by atoms with Crippen LogP contribution in [0.1, 0.15) is 18.1 Å². The first-order valence-electron chi connectivity index (χ1n) is 4.42. The van der Waals surface area contributed by atoms with Gasteiger partial charge in [-0.3, -0.25) is 0 Å². The normalized spacial score (nSPS) is 10.0. The predicted molar refractivity (Wildman–Crippen MR) is 54.9 cm³/mol. The second-order valence-corrected chi connectivity index (χ2v) is 3.37. The molecule has 1 rings (SSSR count). The Labute approximate surface area is 75.0 Å². The summed E-state index contributed by atoms with van der Waals surface area (Å²) < 4.78 is 0. The first kappa shape index (κ1) is 9.11. The van der Waals surface area contributed by atoms with Crippen LogP contribution in [0, 0.1) is 6.92 Å². The van der Waals surface area contributed by atoms with Gasteiger partial charge in [-0.25, -0.2) is 0 Å². The van der Waals surface area contributed by atoms with Crippen molar-refractivity contribution in [2.75, 3.05) is 19.0 Å². The van der Waals surface area contributed by atoms with Crippen molar-refractivity contribution in [2.24, 2.45) is 0 Å². The van der Waals surface area contributed by atoms with Gasteiger partial charge in [-0.1, -0.05) is 19.1 Å². The van der Waals surface area contributed by atoms with Crippen molar-refractivity contribution in [3.05, 3.63) is 29.3 Å². The molecule has 0 spiro atoms. The Kier molecular flexibility index (Phi) is 2.74. The molecule has 0 atom stereocenters. The zero-order valence-electron chi connectivity index (χ0n) is 8.39. The van der Waals surface area contributed by atoms with E-state index in [2.05, 4.69) is 51.0 Å². The van der Waals surface area contributed by atoms with Crippen molar-refractivity contribution in [1.82, 2.24) is 0 Å². The van der Waals surface area contributed by atoms with E-state index in [1.54, 1.807) is 0 Å². The molecule has 0 bridgehead atoms. The van der Waals surface area contributed by atoms with Crippen LogP contribution >= 0.6 is 0 Å². The van der Waals surface area contributed by atoms with Crippen LogP contribution in [0.15, 0.2) is 18.2 Å². The van der Waals surface area contributed by atoms with Crippen LogP contribution in [-0.2, 0) is 6.42 Å². The fraction of sp³-hybridized carbons (Fsp3) is 0.455. The van der Waals surface area contributed by atoms with Crippen molar-refractivity contribution >= 4 is 5.69 Å². The molecule has 1 nitrogen and oxygen atoms in total. The van der Waals surface area contributed by atoms with Crippen molar-refractivity contribution in [3.63, 3.8) is 0 Å². The van der Waals surface area contributed by atoms with E-state index in [-0.39, 0.29) is 0 Å². The quantitative estimate of drug-likeness (QED) is 0.648. The number of hydrogen-bond acceptors (Lipinski definition) is 1. The second kappa shape index (κ2) is 3.61. The van der Waals surface area contributed by atoms with Gasteiger partial charge < -0.3 is 4.90 Å². The zero-order chi connectivity index (χ0) is 9.14. The minimum Gasteiger partial charge on any atom is -0.377 e. The van der Waals surface area contributed by atoms with Crippen LogP contribution < -0.4 is 4.90 Å². The molecular formula is C11H17N. The molecule has 0 amide bonds. The fourth-order valence-electron chi connectivity index (χ4n) is 1.36. The molecular weight excluding hydrogens is 146 g/mol. The fourth-order valence-corrected chi connectivity index (χ4v) is 1.36. The third-order valence-corrected chi connectivity index (χ3v) is 2.16. The zero-order valence-corrected chi connectivity index (χ0v) is 8.39. The number of rotatable bonds is 2. The summed E-state index contributed by atoms with van der Waals surface area (Å²) in [4.78, 5) is 2.16. The van der Waals surface area contributed by atoms with E-state index in [4.69, 9.17) is 0 Å².